The molecule has 0 aliphatic rings. The SMILES string of the molecule is Cc1cc(OS(=O)(=O)O)c2ccccc2c1OS(=O)(=O)O. The Morgan fingerprint density at radius 2 is 1.43 bits per heavy atom. The highest BCUT2D eigenvalue weighted by molar-refractivity contribution is 7.81. The molecule has 21 heavy (non-hydrogen) atoms. The summed E-state index contributed by atoms with van der Waals surface area (Å²) in [7, 11) is -9.49. The second kappa shape index (κ2) is 5.15. The number of hydrogen-bond acceptors (Lipinski definition) is 6. The van der Waals surface area contributed by atoms with Crippen molar-refractivity contribution < 1.29 is 34.3 Å². The highest BCUT2D eigenvalue weighted by Gasteiger charge is 2.19. The second-order valence-electron chi connectivity index (χ2n) is 4.09. The number of fused-ring (bicyclic) bond motifs is 1. The maximum absolute atomic E-state index is 10.9. The van der Waals surface area contributed by atoms with Gasteiger partial charge in [-0.15, -0.1) is 0 Å². The van der Waals surface area contributed by atoms with Gasteiger partial charge in [-0.2, -0.15) is 16.8 Å². The van der Waals surface area contributed by atoms with Crippen LogP contribution in [0.15, 0.2) is 30.3 Å². The molecule has 114 valence electrons. The predicted molar refractivity (Wildman–Crippen MR) is 73.0 cm³/mol. The van der Waals surface area contributed by atoms with E-state index in [1.54, 1.807) is 12.1 Å². The van der Waals surface area contributed by atoms with E-state index in [4.69, 9.17) is 9.11 Å². The van der Waals surface area contributed by atoms with Gasteiger partial charge in [0.1, 0.15) is 0 Å². The van der Waals surface area contributed by atoms with Crippen LogP contribution in [0.5, 0.6) is 11.5 Å². The van der Waals surface area contributed by atoms with Crippen molar-refractivity contribution >= 4 is 31.6 Å². The molecule has 0 aliphatic heterocycles. The van der Waals surface area contributed by atoms with Crippen molar-refractivity contribution in [3.8, 4) is 11.5 Å². The maximum atomic E-state index is 10.9. The van der Waals surface area contributed by atoms with Crippen LogP contribution in [0.25, 0.3) is 10.8 Å². The Balaban J connectivity index is 2.75. The molecule has 0 spiro atoms. The van der Waals surface area contributed by atoms with Crippen LogP contribution >= 0.6 is 0 Å². The Morgan fingerprint density at radius 1 is 0.905 bits per heavy atom. The van der Waals surface area contributed by atoms with Crippen LogP contribution in [-0.2, 0) is 20.8 Å². The molecule has 0 heterocycles. The molecule has 0 fully saturated rings. The minimum Gasteiger partial charge on any atom is -0.361 e. The Labute approximate surface area is 120 Å². The van der Waals surface area contributed by atoms with Gasteiger partial charge in [0.15, 0.2) is 11.5 Å². The lowest BCUT2D eigenvalue weighted by atomic mass is 10.1. The number of aryl methyl sites for hydroxylation is 1. The number of hydrogen-bond donors (Lipinski definition) is 2. The van der Waals surface area contributed by atoms with Gasteiger partial charge in [-0.25, -0.2) is 0 Å². The van der Waals surface area contributed by atoms with Crippen molar-refractivity contribution in [2.75, 3.05) is 0 Å². The average Bonchev–Trinajstić information content (AvgIpc) is 2.31. The van der Waals surface area contributed by atoms with Gasteiger partial charge in [-0.05, 0) is 18.6 Å². The normalized spacial score (nSPS) is 12.3. The molecule has 0 aliphatic carbocycles. The first-order valence-electron chi connectivity index (χ1n) is 5.43. The van der Waals surface area contributed by atoms with Crippen molar-refractivity contribution in [2.24, 2.45) is 0 Å². The minimum absolute atomic E-state index is 0.171. The molecule has 0 aromatic heterocycles. The lowest BCUT2D eigenvalue weighted by molar-refractivity contribution is 0.382. The number of rotatable bonds is 4. The molecule has 2 rings (SSSR count). The summed E-state index contributed by atoms with van der Waals surface area (Å²) in [6, 6.07) is 7.14. The van der Waals surface area contributed by atoms with E-state index in [1.807, 2.05) is 0 Å². The number of benzene rings is 2. The zero-order chi connectivity index (χ0) is 15.8. The Morgan fingerprint density at radius 3 is 1.95 bits per heavy atom. The van der Waals surface area contributed by atoms with Crippen molar-refractivity contribution in [3.63, 3.8) is 0 Å². The zero-order valence-electron chi connectivity index (χ0n) is 10.5. The standard InChI is InChI=1S/C11H10O8S2/c1-7-6-10(18-20(12,13)14)8-4-2-3-5-9(8)11(7)19-21(15,16)17/h2-6H,1H3,(H,12,13,14)(H,15,16,17). The molecular formula is C11H10O8S2. The highest BCUT2D eigenvalue weighted by Crippen LogP contribution is 2.37. The van der Waals surface area contributed by atoms with E-state index in [0.29, 0.717) is 0 Å². The Bertz CT molecular complexity index is 899. The lowest BCUT2D eigenvalue weighted by Crippen LogP contribution is -2.10. The van der Waals surface area contributed by atoms with Crippen LogP contribution in [-0.4, -0.2) is 25.9 Å². The average molecular weight is 334 g/mol. The molecule has 10 heteroatoms. The summed E-state index contributed by atoms with van der Waals surface area (Å²) in [4.78, 5) is 0. The van der Waals surface area contributed by atoms with Gasteiger partial charge in [0.05, 0.1) is 0 Å². The summed E-state index contributed by atoms with van der Waals surface area (Å²) in [6.45, 7) is 1.42. The summed E-state index contributed by atoms with van der Waals surface area (Å²) in [5.74, 6) is -0.371. The fraction of sp³-hybridized carbons (Fsp3) is 0.0909. The molecular weight excluding hydrogens is 324 g/mol. The zero-order valence-corrected chi connectivity index (χ0v) is 12.2. The summed E-state index contributed by atoms with van der Waals surface area (Å²) >= 11 is 0. The largest absolute Gasteiger partial charge is 0.446 e. The van der Waals surface area contributed by atoms with Gasteiger partial charge in [-0.1, -0.05) is 24.3 Å². The van der Waals surface area contributed by atoms with Gasteiger partial charge in [0.2, 0.25) is 0 Å². The third-order valence-electron chi connectivity index (χ3n) is 2.53. The summed E-state index contributed by atoms with van der Waals surface area (Å²) in [5.41, 5.74) is 0.185. The first kappa shape index (κ1) is 15.5. The monoisotopic (exact) mass is 334 g/mol. The van der Waals surface area contributed by atoms with Crippen LogP contribution < -0.4 is 8.37 Å². The van der Waals surface area contributed by atoms with Crippen molar-refractivity contribution in [3.05, 3.63) is 35.9 Å². The molecule has 0 amide bonds. The topological polar surface area (TPSA) is 127 Å². The molecule has 0 unspecified atom stereocenters. The highest BCUT2D eigenvalue weighted by atomic mass is 32.3. The van der Waals surface area contributed by atoms with Crippen LogP contribution in [0.3, 0.4) is 0 Å². The third-order valence-corrected chi connectivity index (χ3v) is 3.29. The van der Waals surface area contributed by atoms with Crippen LogP contribution in [0.4, 0.5) is 0 Å². The molecule has 2 aromatic rings. The second-order valence-corrected chi connectivity index (χ2v) is 6.13. The van der Waals surface area contributed by atoms with E-state index in [9.17, 15) is 16.8 Å². The van der Waals surface area contributed by atoms with E-state index < -0.39 is 20.8 Å². The lowest BCUT2D eigenvalue weighted by Gasteiger charge is -2.12. The molecule has 0 atom stereocenters. The van der Waals surface area contributed by atoms with E-state index in [0.717, 1.165) is 6.07 Å². The van der Waals surface area contributed by atoms with E-state index >= 15 is 0 Å². The van der Waals surface area contributed by atoms with Gasteiger partial charge in [0.25, 0.3) is 0 Å². The van der Waals surface area contributed by atoms with E-state index in [1.165, 1.54) is 19.1 Å². The van der Waals surface area contributed by atoms with E-state index in [2.05, 4.69) is 8.37 Å². The van der Waals surface area contributed by atoms with Gasteiger partial charge >= 0.3 is 20.8 Å². The summed E-state index contributed by atoms with van der Waals surface area (Å²) < 4.78 is 69.9. The molecule has 8 nitrogen and oxygen atoms in total. The van der Waals surface area contributed by atoms with Gasteiger partial charge in [0, 0.05) is 10.8 Å². The molecule has 2 N–H and O–H groups in total. The smallest absolute Gasteiger partial charge is 0.361 e. The Kier molecular flexibility index (Phi) is 3.80. The van der Waals surface area contributed by atoms with E-state index in [-0.39, 0.29) is 27.8 Å². The molecule has 0 radical (unpaired) electrons. The summed E-state index contributed by atoms with van der Waals surface area (Å²) in [6.07, 6.45) is 0. The fourth-order valence-corrected chi connectivity index (χ4v) is 2.64. The fourth-order valence-electron chi connectivity index (χ4n) is 1.85. The first-order valence-corrected chi connectivity index (χ1v) is 8.16. The van der Waals surface area contributed by atoms with Crippen LogP contribution in [0.2, 0.25) is 0 Å². The van der Waals surface area contributed by atoms with Crippen molar-refractivity contribution in [1.82, 2.24) is 0 Å². The van der Waals surface area contributed by atoms with Gasteiger partial charge in [-0.3, -0.25) is 9.11 Å². The van der Waals surface area contributed by atoms with Crippen LogP contribution in [0.1, 0.15) is 5.56 Å². The van der Waals surface area contributed by atoms with Crippen molar-refractivity contribution in [1.29, 1.82) is 0 Å². The maximum Gasteiger partial charge on any atom is 0.446 e. The quantitative estimate of drug-likeness (QED) is 0.805. The molecule has 0 bridgehead atoms. The molecule has 2 aromatic carbocycles. The molecule has 0 saturated heterocycles. The first-order chi connectivity index (χ1) is 9.57. The predicted octanol–water partition coefficient (Wildman–Crippen LogP) is 1.51. The van der Waals surface area contributed by atoms with Gasteiger partial charge < -0.3 is 8.37 Å². The summed E-state index contributed by atoms with van der Waals surface area (Å²) in [5, 5.41) is 0.369. The third kappa shape index (κ3) is 3.82. The Hall–Kier alpha value is -1.88. The van der Waals surface area contributed by atoms with Crippen molar-refractivity contribution in [2.45, 2.75) is 6.92 Å². The van der Waals surface area contributed by atoms with Crippen LogP contribution in [0, 0.1) is 6.92 Å². The minimum atomic E-state index is -4.75. The molecule has 0 saturated carbocycles.